The first-order valence-electron chi connectivity index (χ1n) is 7.27. The fraction of sp³-hybridized carbons (Fsp3) is 0.786. The van der Waals surface area contributed by atoms with Crippen LogP contribution in [0.15, 0.2) is 16.9 Å². The maximum absolute atomic E-state index is 6.43. The summed E-state index contributed by atoms with van der Waals surface area (Å²) in [5.74, 6) is 1.39. The zero-order valence-corrected chi connectivity index (χ0v) is 13.0. The van der Waals surface area contributed by atoms with E-state index in [0.717, 1.165) is 31.8 Å². The fourth-order valence-corrected chi connectivity index (χ4v) is 3.01. The Bertz CT molecular complexity index is 422. The monoisotopic (exact) mass is 280 g/mol. The molecule has 1 unspecified atom stereocenters. The zero-order valence-electron chi connectivity index (χ0n) is 13.0. The fourth-order valence-electron chi connectivity index (χ4n) is 3.01. The average molecular weight is 280 g/mol. The van der Waals surface area contributed by atoms with E-state index in [1.807, 2.05) is 13.1 Å². The molecule has 2 atom stereocenters. The normalized spacial score (nSPS) is 30.9. The minimum absolute atomic E-state index is 0.0933. The van der Waals surface area contributed by atoms with Crippen LogP contribution in [0.1, 0.15) is 33.6 Å². The lowest BCUT2D eigenvalue weighted by Crippen LogP contribution is -2.51. The van der Waals surface area contributed by atoms with Gasteiger partial charge in [0, 0.05) is 19.1 Å². The Hall–Kier alpha value is -1.27. The van der Waals surface area contributed by atoms with Crippen LogP contribution >= 0.6 is 0 Å². The molecule has 0 radical (unpaired) electrons. The minimum Gasteiger partial charge on any atom is -0.370 e. The summed E-state index contributed by atoms with van der Waals surface area (Å²) in [6.07, 6.45) is 3.91. The highest BCUT2D eigenvalue weighted by atomic mass is 15.3. The van der Waals surface area contributed by atoms with Crippen LogP contribution in [0.3, 0.4) is 0 Å². The molecule has 2 heterocycles. The van der Waals surface area contributed by atoms with E-state index in [2.05, 4.69) is 41.3 Å². The van der Waals surface area contributed by atoms with Crippen LogP contribution in [0.5, 0.6) is 0 Å². The molecule has 20 heavy (non-hydrogen) atoms. The third kappa shape index (κ3) is 3.64. The first-order chi connectivity index (χ1) is 9.21. The van der Waals surface area contributed by atoms with Gasteiger partial charge in [0.15, 0.2) is 5.96 Å². The SMILES string of the molecule is CN[C@H]1CCN(C2=CC(N)(CC(C)(C)C)N=C(N)N2)C1. The predicted molar refractivity (Wildman–Crippen MR) is 82.9 cm³/mol. The van der Waals surface area contributed by atoms with Crippen molar-refractivity contribution in [2.24, 2.45) is 21.9 Å². The molecule has 2 aliphatic rings. The molecule has 0 aromatic rings. The summed E-state index contributed by atoms with van der Waals surface area (Å²) < 4.78 is 0. The number of nitrogens with zero attached hydrogens (tertiary/aromatic N) is 2. The molecule has 114 valence electrons. The average Bonchev–Trinajstić information content (AvgIpc) is 2.72. The number of hydrogen-bond acceptors (Lipinski definition) is 6. The van der Waals surface area contributed by atoms with E-state index in [0.29, 0.717) is 12.0 Å². The van der Waals surface area contributed by atoms with Crippen molar-refractivity contribution in [1.29, 1.82) is 0 Å². The van der Waals surface area contributed by atoms with E-state index in [9.17, 15) is 0 Å². The predicted octanol–water partition coefficient (Wildman–Crippen LogP) is 0.131. The van der Waals surface area contributed by atoms with Gasteiger partial charge in [-0.3, -0.25) is 0 Å². The van der Waals surface area contributed by atoms with Crippen LogP contribution in [0.2, 0.25) is 0 Å². The summed E-state index contributed by atoms with van der Waals surface area (Å²) in [7, 11) is 2.00. The Morgan fingerprint density at radius 3 is 2.80 bits per heavy atom. The molecule has 0 saturated carbocycles. The number of rotatable bonds is 3. The number of likely N-dealkylation sites (N-methyl/N-ethyl adjacent to an activating group) is 1. The molecule has 0 bridgehead atoms. The van der Waals surface area contributed by atoms with Crippen molar-refractivity contribution in [3.8, 4) is 0 Å². The molecular formula is C14H28N6. The van der Waals surface area contributed by atoms with Crippen molar-refractivity contribution in [2.75, 3.05) is 20.1 Å². The Kier molecular flexibility index (Phi) is 3.97. The largest absolute Gasteiger partial charge is 0.370 e. The Balaban J connectivity index is 2.16. The minimum atomic E-state index is -0.722. The van der Waals surface area contributed by atoms with Gasteiger partial charge in [0.25, 0.3) is 0 Å². The smallest absolute Gasteiger partial charge is 0.196 e. The van der Waals surface area contributed by atoms with E-state index in [4.69, 9.17) is 11.5 Å². The molecule has 0 aromatic heterocycles. The quantitative estimate of drug-likeness (QED) is 0.590. The summed E-state index contributed by atoms with van der Waals surface area (Å²) in [6, 6.07) is 0.521. The van der Waals surface area contributed by atoms with Crippen molar-refractivity contribution in [2.45, 2.75) is 45.3 Å². The highest BCUT2D eigenvalue weighted by molar-refractivity contribution is 5.81. The Morgan fingerprint density at radius 2 is 2.25 bits per heavy atom. The molecule has 2 rings (SSSR count). The number of guanidine groups is 1. The molecule has 6 nitrogen and oxygen atoms in total. The molecule has 0 spiro atoms. The van der Waals surface area contributed by atoms with Crippen LogP contribution in [0.25, 0.3) is 0 Å². The molecule has 1 saturated heterocycles. The Labute approximate surface area is 121 Å². The van der Waals surface area contributed by atoms with Gasteiger partial charge in [0.05, 0.1) is 0 Å². The highest BCUT2D eigenvalue weighted by Crippen LogP contribution is 2.30. The summed E-state index contributed by atoms with van der Waals surface area (Å²) >= 11 is 0. The van der Waals surface area contributed by atoms with Crippen LogP contribution in [-0.4, -0.2) is 42.7 Å². The van der Waals surface area contributed by atoms with Crippen LogP contribution in [-0.2, 0) is 0 Å². The zero-order chi connectivity index (χ0) is 15.0. The van der Waals surface area contributed by atoms with E-state index in [1.165, 1.54) is 0 Å². The van der Waals surface area contributed by atoms with Gasteiger partial charge in [-0.15, -0.1) is 0 Å². The van der Waals surface area contributed by atoms with Crippen molar-refractivity contribution in [3.05, 3.63) is 11.9 Å². The molecule has 6 N–H and O–H groups in total. The number of nitrogens with two attached hydrogens (primary N) is 2. The van der Waals surface area contributed by atoms with Gasteiger partial charge in [-0.2, -0.15) is 0 Å². The van der Waals surface area contributed by atoms with Gasteiger partial charge < -0.3 is 27.0 Å². The van der Waals surface area contributed by atoms with Crippen LogP contribution < -0.4 is 22.1 Å². The summed E-state index contributed by atoms with van der Waals surface area (Å²) in [6.45, 7) is 8.46. The third-order valence-electron chi connectivity index (χ3n) is 3.72. The lowest BCUT2D eigenvalue weighted by Gasteiger charge is -2.36. The van der Waals surface area contributed by atoms with E-state index < -0.39 is 5.66 Å². The topological polar surface area (TPSA) is 91.7 Å². The molecule has 0 aromatic carbocycles. The molecular weight excluding hydrogens is 252 g/mol. The van der Waals surface area contributed by atoms with Gasteiger partial charge in [0.2, 0.25) is 0 Å². The molecule has 0 aliphatic carbocycles. The first-order valence-corrected chi connectivity index (χ1v) is 7.27. The van der Waals surface area contributed by atoms with Gasteiger partial charge in [-0.05, 0) is 31.4 Å². The van der Waals surface area contributed by atoms with Gasteiger partial charge >= 0.3 is 0 Å². The molecule has 0 amide bonds. The van der Waals surface area contributed by atoms with Crippen LogP contribution in [0, 0.1) is 5.41 Å². The summed E-state index contributed by atoms with van der Waals surface area (Å²) in [5, 5.41) is 6.46. The molecule has 6 heteroatoms. The van der Waals surface area contributed by atoms with Crippen molar-refractivity contribution in [1.82, 2.24) is 15.5 Å². The number of aliphatic imine (C=N–C) groups is 1. The summed E-state index contributed by atoms with van der Waals surface area (Å²) in [5.41, 5.74) is 11.7. The maximum Gasteiger partial charge on any atom is 0.196 e. The second-order valence-corrected chi connectivity index (χ2v) is 7.10. The van der Waals surface area contributed by atoms with E-state index in [-0.39, 0.29) is 5.41 Å². The maximum atomic E-state index is 6.43. The lowest BCUT2D eigenvalue weighted by molar-refractivity contribution is 0.287. The van der Waals surface area contributed by atoms with Crippen molar-refractivity contribution in [3.63, 3.8) is 0 Å². The van der Waals surface area contributed by atoms with E-state index in [1.54, 1.807) is 0 Å². The standard InChI is InChI=1S/C14H28N6/c1-13(2,3)9-14(16)7-11(18-12(15)19-14)20-6-5-10(8-20)17-4/h7,10,17H,5-6,8-9,16H2,1-4H3,(H3,15,18,19)/t10-,14?/m0/s1. The van der Waals surface area contributed by atoms with E-state index >= 15 is 0 Å². The first kappa shape index (κ1) is 15.1. The third-order valence-corrected chi connectivity index (χ3v) is 3.72. The van der Waals surface area contributed by atoms with Crippen molar-refractivity contribution >= 4 is 5.96 Å². The van der Waals surface area contributed by atoms with Gasteiger partial charge in [0.1, 0.15) is 11.5 Å². The molecule has 1 fully saturated rings. The van der Waals surface area contributed by atoms with Crippen LogP contribution in [0.4, 0.5) is 0 Å². The second-order valence-electron chi connectivity index (χ2n) is 7.10. The number of hydrogen-bond donors (Lipinski definition) is 4. The van der Waals surface area contributed by atoms with Gasteiger partial charge in [-0.25, -0.2) is 4.99 Å². The second kappa shape index (κ2) is 5.26. The summed E-state index contributed by atoms with van der Waals surface area (Å²) in [4.78, 5) is 6.69. The van der Waals surface area contributed by atoms with Crippen molar-refractivity contribution < 1.29 is 0 Å². The number of nitrogens with one attached hydrogen (secondary N) is 2. The van der Waals surface area contributed by atoms with Gasteiger partial charge in [-0.1, -0.05) is 20.8 Å². The highest BCUT2D eigenvalue weighted by Gasteiger charge is 2.34. The number of likely N-dealkylation sites (tertiary alicyclic amines) is 1. The Morgan fingerprint density at radius 1 is 1.55 bits per heavy atom. The lowest BCUT2D eigenvalue weighted by atomic mass is 9.84. The molecule has 2 aliphatic heterocycles.